The Morgan fingerprint density at radius 1 is 1.65 bits per heavy atom. The van der Waals surface area contributed by atoms with E-state index in [1.165, 1.54) is 11.3 Å². The summed E-state index contributed by atoms with van der Waals surface area (Å²) in [6.07, 6.45) is 2.01. The molecule has 0 fully saturated rings. The van der Waals surface area contributed by atoms with E-state index in [2.05, 4.69) is 15.6 Å². The van der Waals surface area contributed by atoms with Crippen molar-refractivity contribution in [2.24, 2.45) is 0 Å². The number of thioether (sulfide) groups is 1. The van der Waals surface area contributed by atoms with Crippen molar-refractivity contribution in [2.75, 3.05) is 29.6 Å². The summed E-state index contributed by atoms with van der Waals surface area (Å²) >= 11 is 2.98. The van der Waals surface area contributed by atoms with E-state index in [-0.39, 0.29) is 11.9 Å². The highest BCUT2D eigenvalue weighted by molar-refractivity contribution is 7.98. The SMILES string of the molecule is CCNc1nc(N)c(C(=O)NC(C)CSC)s1. The molecule has 0 saturated carbocycles. The van der Waals surface area contributed by atoms with Crippen molar-refractivity contribution in [3.8, 4) is 0 Å². The summed E-state index contributed by atoms with van der Waals surface area (Å²) in [7, 11) is 0. The van der Waals surface area contributed by atoms with Crippen LogP contribution in [0.1, 0.15) is 23.5 Å². The second kappa shape index (κ2) is 6.70. The first-order valence-electron chi connectivity index (χ1n) is 5.38. The summed E-state index contributed by atoms with van der Waals surface area (Å²) in [5, 5.41) is 6.63. The van der Waals surface area contributed by atoms with Crippen LogP contribution in [0.4, 0.5) is 10.9 Å². The maximum absolute atomic E-state index is 11.9. The lowest BCUT2D eigenvalue weighted by atomic mass is 10.3. The molecular formula is C10H18N4OS2. The Labute approximate surface area is 110 Å². The van der Waals surface area contributed by atoms with Crippen LogP contribution in [-0.2, 0) is 0 Å². The Balaban J connectivity index is 2.68. The number of anilines is 2. The van der Waals surface area contributed by atoms with Gasteiger partial charge in [0.1, 0.15) is 10.7 Å². The smallest absolute Gasteiger partial charge is 0.265 e. The number of aromatic nitrogens is 1. The zero-order valence-electron chi connectivity index (χ0n) is 10.2. The Morgan fingerprint density at radius 2 is 2.35 bits per heavy atom. The topological polar surface area (TPSA) is 80.0 Å². The van der Waals surface area contributed by atoms with Crippen LogP contribution in [0.2, 0.25) is 0 Å². The lowest BCUT2D eigenvalue weighted by Crippen LogP contribution is -2.34. The molecule has 1 aromatic rings. The highest BCUT2D eigenvalue weighted by Gasteiger charge is 2.17. The predicted octanol–water partition coefficient (Wildman–Crippen LogP) is 1.64. The molecule has 7 heteroatoms. The van der Waals surface area contributed by atoms with Crippen LogP contribution < -0.4 is 16.4 Å². The summed E-state index contributed by atoms with van der Waals surface area (Å²) in [6.45, 7) is 4.70. The molecule has 1 aromatic heterocycles. The number of rotatable bonds is 6. The minimum absolute atomic E-state index is 0.126. The van der Waals surface area contributed by atoms with Gasteiger partial charge in [0.2, 0.25) is 0 Å². The molecule has 0 radical (unpaired) electrons. The van der Waals surface area contributed by atoms with Crippen molar-refractivity contribution in [1.29, 1.82) is 0 Å². The number of carbonyl (C=O) groups excluding carboxylic acids is 1. The van der Waals surface area contributed by atoms with Crippen molar-refractivity contribution in [3.05, 3.63) is 4.88 Å². The summed E-state index contributed by atoms with van der Waals surface area (Å²) in [4.78, 5) is 16.5. The normalized spacial score (nSPS) is 12.2. The van der Waals surface area contributed by atoms with E-state index < -0.39 is 0 Å². The Bertz CT molecular complexity index is 380. The summed E-state index contributed by atoms with van der Waals surface area (Å²) in [5.74, 6) is 1.02. The predicted molar refractivity (Wildman–Crippen MR) is 76.0 cm³/mol. The number of nitrogens with two attached hydrogens (primary N) is 1. The van der Waals surface area contributed by atoms with Crippen molar-refractivity contribution in [1.82, 2.24) is 10.3 Å². The van der Waals surface area contributed by atoms with E-state index in [0.717, 1.165) is 12.3 Å². The molecule has 5 nitrogen and oxygen atoms in total. The third kappa shape index (κ3) is 4.08. The number of nitrogen functional groups attached to an aromatic ring is 1. The molecule has 1 unspecified atom stereocenters. The molecule has 1 amide bonds. The van der Waals surface area contributed by atoms with Gasteiger partial charge in [0.25, 0.3) is 5.91 Å². The standard InChI is InChI=1S/C10H18N4OS2/c1-4-12-10-14-8(11)7(17-10)9(15)13-6(2)5-16-3/h6H,4-5,11H2,1-3H3,(H,12,14)(H,13,15). The Kier molecular flexibility index (Phi) is 5.57. The van der Waals surface area contributed by atoms with Gasteiger partial charge in [-0.15, -0.1) is 0 Å². The second-order valence-electron chi connectivity index (χ2n) is 3.59. The molecule has 1 rings (SSSR count). The van der Waals surface area contributed by atoms with Crippen molar-refractivity contribution in [3.63, 3.8) is 0 Å². The van der Waals surface area contributed by atoms with E-state index in [9.17, 15) is 4.79 Å². The Hall–Kier alpha value is -0.950. The van der Waals surface area contributed by atoms with E-state index in [1.54, 1.807) is 11.8 Å². The quantitative estimate of drug-likeness (QED) is 0.735. The van der Waals surface area contributed by atoms with Gasteiger partial charge >= 0.3 is 0 Å². The molecule has 0 aliphatic rings. The maximum atomic E-state index is 11.9. The number of amides is 1. The van der Waals surface area contributed by atoms with E-state index in [0.29, 0.717) is 15.8 Å². The van der Waals surface area contributed by atoms with Crippen LogP contribution in [0, 0.1) is 0 Å². The molecule has 0 aliphatic heterocycles. The number of nitrogens with zero attached hydrogens (tertiary/aromatic N) is 1. The van der Waals surface area contributed by atoms with Gasteiger partial charge < -0.3 is 16.4 Å². The second-order valence-corrected chi connectivity index (χ2v) is 5.50. The zero-order valence-corrected chi connectivity index (χ0v) is 11.9. The minimum Gasteiger partial charge on any atom is -0.382 e. The largest absolute Gasteiger partial charge is 0.382 e. The van der Waals surface area contributed by atoms with Gasteiger partial charge in [0.15, 0.2) is 5.13 Å². The first-order chi connectivity index (χ1) is 8.08. The number of thiazole rings is 1. The van der Waals surface area contributed by atoms with Gasteiger partial charge in [-0.2, -0.15) is 11.8 Å². The average molecular weight is 274 g/mol. The number of hydrogen-bond donors (Lipinski definition) is 3. The molecule has 1 heterocycles. The molecule has 4 N–H and O–H groups in total. The van der Waals surface area contributed by atoms with E-state index in [1.807, 2.05) is 20.1 Å². The van der Waals surface area contributed by atoms with Crippen LogP contribution in [0.15, 0.2) is 0 Å². The first kappa shape index (κ1) is 14.1. The fraction of sp³-hybridized carbons (Fsp3) is 0.600. The summed E-state index contributed by atoms with van der Waals surface area (Å²) in [5.41, 5.74) is 5.72. The molecule has 1 atom stereocenters. The van der Waals surface area contributed by atoms with Gasteiger partial charge in [0.05, 0.1) is 0 Å². The van der Waals surface area contributed by atoms with Crippen LogP contribution in [0.25, 0.3) is 0 Å². The molecule has 0 bridgehead atoms. The van der Waals surface area contributed by atoms with Crippen molar-refractivity contribution in [2.45, 2.75) is 19.9 Å². The third-order valence-corrected chi connectivity index (χ3v) is 3.84. The van der Waals surface area contributed by atoms with Gasteiger partial charge in [-0.3, -0.25) is 4.79 Å². The highest BCUT2D eigenvalue weighted by Crippen LogP contribution is 2.24. The molecule has 0 saturated heterocycles. The lowest BCUT2D eigenvalue weighted by molar-refractivity contribution is 0.0948. The third-order valence-electron chi connectivity index (χ3n) is 1.98. The van der Waals surface area contributed by atoms with Crippen LogP contribution in [0.5, 0.6) is 0 Å². The summed E-state index contributed by atoms with van der Waals surface area (Å²) in [6, 6.07) is 0.126. The summed E-state index contributed by atoms with van der Waals surface area (Å²) < 4.78 is 0. The number of hydrogen-bond acceptors (Lipinski definition) is 6. The van der Waals surface area contributed by atoms with E-state index >= 15 is 0 Å². The van der Waals surface area contributed by atoms with Gasteiger partial charge in [-0.25, -0.2) is 4.98 Å². The number of carbonyl (C=O) groups is 1. The van der Waals surface area contributed by atoms with Crippen molar-refractivity contribution < 1.29 is 4.79 Å². The van der Waals surface area contributed by atoms with Gasteiger partial charge in [-0.05, 0) is 20.1 Å². The van der Waals surface area contributed by atoms with E-state index in [4.69, 9.17) is 5.73 Å². The molecular weight excluding hydrogens is 256 g/mol. The molecule has 0 aliphatic carbocycles. The maximum Gasteiger partial charge on any atom is 0.265 e. The first-order valence-corrected chi connectivity index (χ1v) is 7.59. The van der Waals surface area contributed by atoms with Crippen LogP contribution in [-0.4, -0.2) is 35.5 Å². The Morgan fingerprint density at radius 3 is 2.94 bits per heavy atom. The monoisotopic (exact) mass is 274 g/mol. The number of nitrogens with one attached hydrogen (secondary N) is 2. The van der Waals surface area contributed by atoms with Gasteiger partial charge in [0, 0.05) is 18.3 Å². The van der Waals surface area contributed by atoms with Crippen LogP contribution >= 0.6 is 23.1 Å². The molecule has 0 aromatic carbocycles. The highest BCUT2D eigenvalue weighted by atomic mass is 32.2. The molecule has 0 spiro atoms. The zero-order chi connectivity index (χ0) is 12.8. The lowest BCUT2D eigenvalue weighted by Gasteiger charge is -2.11. The van der Waals surface area contributed by atoms with Crippen molar-refractivity contribution >= 4 is 40.0 Å². The van der Waals surface area contributed by atoms with Gasteiger partial charge in [-0.1, -0.05) is 11.3 Å². The molecule has 96 valence electrons. The van der Waals surface area contributed by atoms with Crippen LogP contribution in [0.3, 0.4) is 0 Å². The fourth-order valence-electron chi connectivity index (χ4n) is 1.30. The molecule has 17 heavy (non-hydrogen) atoms. The minimum atomic E-state index is -0.147. The average Bonchev–Trinajstić information content (AvgIpc) is 2.60. The fourth-order valence-corrected chi connectivity index (χ4v) is 2.74.